The third-order valence-electron chi connectivity index (χ3n) is 8.40. The zero-order valence-electron chi connectivity index (χ0n) is 20.2. The molecular formula is C26H36F6O3. The van der Waals surface area contributed by atoms with Gasteiger partial charge in [-0.2, -0.15) is 26.3 Å². The molecule has 3 nitrogen and oxygen atoms in total. The van der Waals surface area contributed by atoms with Crippen LogP contribution in [-0.4, -0.2) is 45.5 Å². The zero-order valence-corrected chi connectivity index (χ0v) is 20.2. The number of rotatable bonds is 6. The highest BCUT2D eigenvalue weighted by molar-refractivity contribution is 5.27. The van der Waals surface area contributed by atoms with Crippen LogP contribution in [0.15, 0.2) is 35.5 Å². The van der Waals surface area contributed by atoms with Crippen molar-refractivity contribution in [1.82, 2.24) is 0 Å². The van der Waals surface area contributed by atoms with Crippen LogP contribution in [0.25, 0.3) is 0 Å². The summed E-state index contributed by atoms with van der Waals surface area (Å²) in [6, 6.07) is 0. The van der Waals surface area contributed by atoms with E-state index in [0.29, 0.717) is 31.1 Å². The van der Waals surface area contributed by atoms with Gasteiger partial charge in [0, 0.05) is 0 Å². The second-order valence-corrected chi connectivity index (χ2v) is 10.9. The largest absolute Gasteiger partial charge is 0.429 e. The summed E-state index contributed by atoms with van der Waals surface area (Å²) >= 11 is 0. The van der Waals surface area contributed by atoms with Gasteiger partial charge < -0.3 is 15.3 Å². The lowest BCUT2D eigenvalue weighted by Gasteiger charge is -2.45. The molecule has 3 unspecified atom stereocenters. The van der Waals surface area contributed by atoms with Crippen molar-refractivity contribution < 1.29 is 41.7 Å². The van der Waals surface area contributed by atoms with Crippen molar-refractivity contribution in [3.05, 3.63) is 35.5 Å². The maximum absolute atomic E-state index is 12.9. The molecule has 3 aliphatic rings. The quantitative estimate of drug-likeness (QED) is 0.286. The minimum absolute atomic E-state index is 0.0346. The fourth-order valence-corrected chi connectivity index (χ4v) is 6.56. The van der Waals surface area contributed by atoms with E-state index in [1.165, 1.54) is 0 Å². The van der Waals surface area contributed by atoms with E-state index in [0.717, 1.165) is 49.3 Å². The Morgan fingerprint density at radius 1 is 1.09 bits per heavy atom. The van der Waals surface area contributed by atoms with Crippen LogP contribution in [0.3, 0.4) is 0 Å². The normalized spacial score (nSPS) is 33.6. The maximum atomic E-state index is 12.9. The molecule has 0 heterocycles. The minimum Gasteiger partial charge on any atom is -0.393 e. The van der Waals surface area contributed by atoms with Crippen molar-refractivity contribution in [3.8, 4) is 0 Å². The SMILES string of the molecule is C[C@H](C/C=C\C(O)(C(F)(F)F)C(F)(F)F)C1=CCC2C(CC=C3C[C@@H](O)C[C@H](O)C3)CCCC12C. The van der Waals surface area contributed by atoms with E-state index in [1.54, 1.807) is 6.92 Å². The molecule has 0 radical (unpaired) electrons. The number of hydrogen-bond donors (Lipinski definition) is 3. The van der Waals surface area contributed by atoms with E-state index in [9.17, 15) is 41.7 Å². The molecule has 3 rings (SSSR count). The van der Waals surface area contributed by atoms with Gasteiger partial charge in [0.25, 0.3) is 5.60 Å². The average Bonchev–Trinajstić information content (AvgIpc) is 3.07. The monoisotopic (exact) mass is 510 g/mol. The summed E-state index contributed by atoms with van der Waals surface area (Å²) in [5, 5.41) is 29.2. The molecule has 0 bridgehead atoms. The number of hydrogen-bond acceptors (Lipinski definition) is 3. The molecule has 6 atom stereocenters. The summed E-state index contributed by atoms with van der Waals surface area (Å²) in [6.07, 6.45) is -1.82. The minimum atomic E-state index is -5.86. The Morgan fingerprint density at radius 3 is 2.26 bits per heavy atom. The van der Waals surface area contributed by atoms with Gasteiger partial charge in [-0.3, -0.25) is 0 Å². The Morgan fingerprint density at radius 2 is 1.69 bits per heavy atom. The van der Waals surface area contributed by atoms with Crippen molar-refractivity contribution in [2.24, 2.45) is 23.2 Å². The molecule has 2 fully saturated rings. The number of aliphatic hydroxyl groups is 3. The van der Waals surface area contributed by atoms with E-state index in [4.69, 9.17) is 0 Å². The number of aliphatic hydroxyl groups excluding tert-OH is 2. The van der Waals surface area contributed by atoms with E-state index >= 15 is 0 Å². The Balaban J connectivity index is 1.67. The highest BCUT2D eigenvalue weighted by Crippen LogP contribution is 2.58. The predicted octanol–water partition coefficient (Wildman–Crippen LogP) is 6.40. The lowest BCUT2D eigenvalue weighted by Crippen LogP contribution is -2.55. The molecular weight excluding hydrogens is 474 g/mol. The standard InChI is InChI=1S/C26H36F6O3/c1-16(5-3-12-24(35,25(27,28)29)26(30,31)32)21-9-10-22-18(6-4-11-23(21,22)2)8-7-17-13-19(33)15-20(34)14-17/h3,7,9,12,16,18-20,22,33-35H,4-6,8,10-11,13-15H2,1-2H3/b12-3-/t16-,18?,19-,20-,22?,23?/m1/s1. The van der Waals surface area contributed by atoms with E-state index in [1.807, 2.05) is 0 Å². The van der Waals surface area contributed by atoms with Crippen molar-refractivity contribution in [2.75, 3.05) is 0 Å². The first-order valence-electron chi connectivity index (χ1n) is 12.4. The fourth-order valence-electron chi connectivity index (χ4n) is 6.56. The first-order chi connectivity index (χ1) is 16.1. The molecule has 35 heavy (non-hydrogen) atoms. The van der Waals surface area contributed by atoms with Crippen LogP contribution in [0, 0.1) is 23.2 Å². The van der Waals surface area contributed by atoms with E-state index in [2.05, 4.69) is 19.1 Å². The molecule has 3 N–H and O–H groups in total. The molecule has 0 aromatic heterocycles. The number of alkyl halides is 6. The first kappa shape index (κ1) is 28.3. The third kappa shape index (κ3) is 5.82. The second kappa shape index (κ2) is 10.2. The lowest BCUT2D eigenvalue weighted by atomic mass is 9.59. The summed E-state index contributed by atoms with van der Waals surface area (Å²) < 4.78 is 77.6. The molecule has 0 aliphatic heterocycles. The van der Waals surface area contributed by atoms with Gasteiger partial charge in [-0.25, -0.2) is 0 Å². The molecule has 0 saturated heterocycles. The predicted molar refractivity (Wildman–Crippen MR) is 120 cm³/mol. The van der Waals surface area contributed by atoms with Crippen LogP contribution in [0.2, 0.25) is 0 Å². The van der Waals surface area contributed by atoms with Crippen LogP contribution in [-0.2, 0) is 0 Å². The molecule has 0 amide bonds. The summed E-state index contributed by atoms with van der Waals surface area (Å²) in [5.74, 6) is 0.456. The summed E-state index contributed by atoms with van der Waals surface area (Å²) in [7, 11) is 0. The summed E-state index contributed by atoms with van der Waals surface area (Å²) in [5.41, 5.74) is -2.91. The topological polar surface area (TPSA) is 60.7 Å². The van der Waals surface area contributed by atoms with Gasteiger partial charge in [0.15, 0.2) is 0 Å². The number of fused-ring (bicyclic) bond motifs is 1. The first-order valence-corrected chi connectivity index (χ1v) is 12.4. The smallest absolute Gasteiger partial charge is 0.393 e. The van der Waals surface area contributed by atoms with Crippen LogP contribution in [0.1, 0.15) is 71.6 Å². The molecule has 0 aromatic rings. The third-order valence-corrected chi connectivity index (χ3v) is 8.40. The number of halogens is 6. The van der Waals surface area contributed by atoms with Gasteiger partial charge in [-0.1, -0.05) is 49.6 Å². The number of allylic oxidation sites excluding steroid dienone is 4. The van der Waals surface area contributed by atoms with Crippen molar-refractivity contribution in [1.29, 1.82) is 0 Å². The van der Waals surface area contributed by atoms with Crippen molar-refractivity contribution >= 4 is 0 Å². The Hall–Kier alpha value is -1.32. The van der Waals surface area contributed by atoms with Crippen LogP contribution in [0.4, 0.5) is 26.3 Å². The second-order valence-electron chi connectivity index (χ2n) is 10.9. The molecule has 0 spiro atoms. The summed E-state index contributed by atoms with van der Waals surface area (Å²) in [4.78, 5) is 0. The Bertz CT molecular complexity index is 817. The Labute approximate surface area is 202 Å². The van der Waals surface area contributed by atoms with Gasteiger partial charge >= 0.3 is 12.4 Å². The Kier molecular flexibility index (Phi) is 8.24. The van der Waals surface area contributed by atoms with Crippen LogP contribution < -0.4 is 0 Å². The van der Waals surface area contributed by atoms with Crippen LogP contribution in [0.5, 0.6) is 0 Å². The van der Waals surface area contributed by atoms with Gasteiger partial charge in [0.1, 0.15) is 0 Å². The highest BCUT2D eigenvalue weighted by Gasteiger charge is 2.68. The molecule has 2 saturated carbocycles. The van der Waals surface area contributed by atoms with Crippen LogP contribution >= 0.6 is 0 Å². The van der Waals surface area contributed by atoms with Gasteiger partial charge in [-0.05, 0) is 80.6 Å². The van der Waals surface area contributed by atoms with Crippen molar-refractivity contribution in [3.63, 3.8) is 0 Å². The average molecular weight is 511 g/mol. The highest BCUT2D eigenvalue weighted by atomic mass is 19.4. The van der Waals surface area contributed by atoms with E-state index in [-0.39, 0.29) is 23.8 Å². The van der Waals surface area contributed by atoms with Gasteiger partial charge in [-0.15, -0.1) is 0 Å². The summed E-state index contributed by atoms with van der Waals surface area (Å²) in [6.45, 7) is 3.95. The lowest BCUT2D eigenvalue weighted by molar-refractivity contribution is -0.347. The van der Waals surface area contributed by atoms with E-state index < -0.39 is 30.2 Å². The van der Waals surface area contributed by atoms with Crippen molar-refractivity contribution in [2.45, 2.75) is 102 Å². The van der Waals surface area contributed by atoms with Gasteiger partial charge in [0.2, 0.25) is 0 Å². The molecule has 0 aromatic carbocycles. The molecule has 200 valence electrons. The fraction of sp³-hybridized carbons (Fsp3) is 0.769. The molecule has 3 aliphatic carbocycles. The van der Waals surface area contributed by atoms with Gasteiger partial charge in [0.05, 0.1) is 12.2 Å². The maximum Gasteiger partial charge on any atom is 0.429 e. The zero-order chi connectivity index (χ0) is 26.2. The molecule has 9 heteroatoms.